The summed E-state index contributed by atoms with van der Waals surface area (Å²) in [6.45, 7) is 0. The van der Waals surface area contributed by atoms with Gasteiger partial charge in [-0.05, 0) is 212 Å². The lowest BCUT2D eigenvalue weighted by molar-refractivity contribution is 1.17. The van der Waals surface area contributed by atoms with Gasteiger partial charge in [0.1, 0.15) is 0 Å². The van der Waals surface area contributed by atoms with E-state index in [1.165, 1.54) is 153 Å². The van der Waals surface area contributed by atoms with Crippen molar-refractivity contribution in [3.63, 3.8) is 0 Å². The fourth-order valence-corrected chi connectivity index (χ4v) is 18.2. The van der Waals surface area contributed by atoms with Crippen molar-refractivity contribution >= 4 is 108 Å². The van der Waals surface area contributed by atoms with Crippen molar-refractivity contribution < 1.29 is 0 Å². The van der Waals surface area contributed by atoms with Crippen LogP contribution in [0.1, 0.15) is 0 Å². The molecule has 0 saturated carbocycles. The zero-order chi connectivity index (χ0) is 80.6. The van der Waals surface area contributed by atoms with Crippen molar-refractivity contribution in [1.29, 1.82) is 0 Å². The highest BCUT2D eigenvalue weighted by atomic mass is 15.0. The second kappa shape index (κ2) is 30.0. The van der Waals surface area contributed by atoms with E-state index in [2.05, 4.69) is 410 Å². The number of hydrogen-bond donors (Lipinski definition) is 0. The molecule has 4 aromatic heterocycles. The van der Waals surface area contributed by atoms with Gasteiger partial charge in [-0.3, -0.25) is 0 Å². The summed E-state index contributed by atoms with van der Waals surface area (Å²) in [5.74, 6) is 1.43. The Morgan fingerprint density at radius 1 is 0.148 bits per heavy atom. The van der Waals surface area contributed by atoms with Crippen molar-refractivity contribution in [3.05, 3.63) is 449 Å². The van der Waals surface area contributed by atoms with Gasteiger partial charge in [0.05, 0.1) is 44.8 Å². The molecule has 0 amide bonds. The van der Waals surface area contributed by atoms with Gasteiger partial charge in [-0.1, -0.05) is 346 Å². The Balaban J connectivity index is 0.000000142. The quantitative estimate of drug-likeness (QED) is 0.122. The molecule has 0 unspecified atom stereocenters. The molecule has 0 N–H and O–H groups in total. The minimum Gasteiger partial charge on any atom is -0.309 e. The standard InChI is InChI=1S/2C58H37N3/c1-3-13-41(14-4-1)53-37-54(60-58(59-53)43-15-5-2-6-16-43)42-28-31-48(32-29-42)61-55-21-10-9-19-51(55)57-52-36-45(26-24-40(52)30-33-56(57)61)44-25-22-38-23-27-46(35-47(38)34-44)50-20-11-17-39-12-7-8-18-49(39)50;1-3-12-40(13-4-1)53-37-54(60-58(59-53)42-14-5-2-6-15-42)41-25-29-50(30-26-41)61-55-18-10-9-17-52(55)57-51-31-27-47(34-48(51)28-32-56(57)61)46-24-21-39-20-23-45(35-49(39)36-46)44-22-19-38-11-7-8-16-43(38)33-44/h2*1-37H. The summed E-state index contributed by atoms with van der Waals surface area (Å²) in [5, 5.41) is 19.9. The Kier molecular flexibility index (Phi) is 17.5. The third-order valence-electron chi connectivity index (χ3n) is 24.3. The smallest absolute Gasteiger partial charge is 0.160 e. The number of hydrogen-bond acceptors (Lipinski definition) is 4. The second-order valence-corrected chi connectivity index (χ2v) is 31.6. The predicted molar refractivity (Wildman–Crippen MR) is 512 cm³/mol. The molecule has 0 bridgehead atoms. The van der Waals surface area contributed by atoms with Crippen molar-refractivity contribution in [2.75, 3.05) is 0 Å². The maximum atomic E-state index is 5.09. The van der Waals surface area contributed by atoms with E-state index < -0.39 is 0 Å². The van der Waals surface area contributed by atoms with Crippen molar-refractivity contribution in [3.8, 4) is 124 Å². The van der Waals surface area contributed by atoms with Gasteiger partial charge in [0.25, 0.3) is 0 Å². The fourth-order valence-electron chi connectivity index (χ4n) is 18.2. The maximum absolute atomic E-state index is 5.09. The largest absolute Gasteiger partial charge is 0.309 e. The van der Waals surface area contributed by atoms with E-state index >= 15 is 0 Å². The van der Waals surface area contributed by atoms with Crippen LogP contribution in [0.25, 0.3) is 232 Å². The molecule has 0 spiro atoms. The molecule has 0 saturated heterocycles. The van der Waals surface area contributed by atoms with Gasteiger partial charge < -0.3 is 9.13 Å². The van der Waals surface area contributed by atoms with Crippen LogP contribution in [0.4, 0.5) is 0 Å². The van der Waals surface area contributed by atoms with Crippen LogP contribution in [0.3, 0.4) is 0 Å². The Morgan fingerprint density at radius 2 is 0.459 bits per heavy atom. The molecule has 4 heterocycles. The van der Waals surface area contributed by atoms with Gasteiger partial charge in [0.15, 0.2) is 11.6 Å². The Hall–Kier alpha value is -16.3. The van der Waals surface area contributed by atoms with E-state index in [0.29, 0.717) is 11.6 Å². The summed E-state index contributed by atoms with van der Waals surface area (Å²) in [6.07, 6.45) is 0. The van der Waals surface area contributed by atoms with E-state index in [1.807, 2.05) is 48.5 Å². The van der Waals surface area contributed by atoms with Crippen LogP contribution in [0.5, 0.6) is 0 Å². The summed E-state index contributed by atoms with van der Waals surface area (Å²) in [4.78, 5) is 20.2. The van der Waals surface area contributed by atoms with E-state index in [4.69, 9.17) is 19.9 Å². The molecule has 20 aromatic carbocycles. The molecule has 0 aliphatic carbocycles. The van der Waals surface area contributed by atoms with Crippen LogP contribution in [0.2, 0.25) is 0 Å². The Morgan fingerprint density at radius 3 is 0.951 bits per heavy atom. The SMILES string of the molecule is c1ccc(-c2cc(-c3ccc(-n4c5ccccc5c5c6cc(-c7ccc8ccc(-c9cccc%10ccccc9%10)cc8c7)ccc6ccc54)cc3)nc(-c3ccccc3)n2)cc1.c1ccc(-c2cc(-c3ccc(-n4c5ccccc5c5c6ccc(-c7ccc8ccc(-c9ccc%10ccccc%10c9)cc8c7)cc6ccc54)cc3)nc(-c3ccccc3)n2)cc1. The average Bonchev–Trinajstić information content (AvgIpc) is 1.57. The van der Waals surface area contributed by atoms with Crippen LogP contribution in [-0.2, 0) is 0 Å². The van der Waals surface area contributed by atoms with Crippen LogP contribution in [0.15, 0.2) is 449 Å². The molecule has 0 atom stereocenters. The molecule has 24 aromatic rings. The monoisotopic (exact) mass is 1550 g/mol. The number of rotatable bonds is 12. The molecule has 6 heteroatoms. The van der Waals surface area contributed by atoms with Gasteiger partial charge in [0, 0.05) is 66.3 Å². The first-order valence-corrected chi connectivity index (χ1v) is 41.6. The highest BCUT2D eigenvalue weighted by Crippen LogP contribution is 2.44. The molecule has 0 fully saturated rings. The molecule has 6 nitrogen and oxygen atoms in total. The summed E-state index contributed by atoms with van der Waals surface area (Å²) in [6, 6.07) is 161. The molecule has 568 valence electrons. The lowest BCUT2D eigenvalue weighted by Gasteiger charge is -2.12. The van der Waals surface area contributed by atoms with Crippen molar-refractivity contribution in [1.82, 2.24) is 29.1 Å². The van der Waals surface area contributed by atoms with E-state index in [9.17, 15) is 0 Å². The first-order valence-electron chi connectivity index (χ1n) is 41.6. The normalized spacial score (nSPS) is 11.6. The first-order chi connectivity index (χ1) is 60.4. The fraction of sp³-hybridized carbons (Fsp3) is 0. The first kappa shape index (κ1) is 71.1. The van der Waals surface area contributed by atoms with Crippen molar-refractivity contribution in [2.45, 2.75) is 0 Å². The topological polar surface area (TPSA) is 61.4 Å². The summed E-state index contributed by atoms with van der Waals surface area (Å²) in [5.41, 5.74) is 26.5. The third kappa shape index (κ3) is 12.9. The molecule has 24 rings (SSSR count). The van der Waals surface area contributed by atoms with Crippen molar-refractivity contribution in [2.24, 2.45) is 0 Å². The third-order valence-corrected chi connectivity index (χ3v) is 24.3. The summed E-state index contributed by atoms with van der Waals surface area (Å²) < 4.78 is 4.79. The number of para-hydroxylation sites is 2. The minimum absolute atomic E-state index is 0.712. The van der Waals surface area contributed by atoms with Gasteiger partial charge in [-0.2, -0.15) is 0 Å². The molecular weight excluding hydrogens is 1480 g/mol. The summed E-state index contributed by atoms with van der Waals surface area (Å²) >= 11 is 0. The molecule has 0 radical (unpaired) electrons. The van der Waals surface area contributed by atoms with E-state index in [1.54, 1.807) is 0 Å². The minimum atomic E-state index is 0.712. The van der Waals surface area contributed by atoms with Gasteiger partial charge in [-0.15, -0.1) is 0 Å². The van der Waals surface area contributed by atoms with E-state index in [0.717, 1.165) is 67.5 Å². The number of fused-ring (bicyclic) bond motifs is 14. The summed E-state index contributed by atoms with van der Waals surface area (Å²) in [7, 11) is 0. The zero-order valence-electron chi connectivity index (χ0n) is 66.4. The Bertz CT molecular complexity index is 8100. The molecule has 122 heavy (non-hydrogen) atoms. The maximum Gasteiger partial charge on any atom is 0.160 e. The molecule has 0 aliphatic heterocycles. The Labute approximate surface area is 705 Å². The zero-order valence-corrected chi connectivity index (χ0v) is 66.4. The van der Waals surface area contributed by atoms with Gasteiger partial charge in [0.2, 0.25) is 0 Å². The molecule has 0 aliphatic rings. The lowest BCUT2D eigenvalue weighted by Crippen LogP contribution is -1.97. The average molecular weight is 1550 g/mol. The van der Waals surface area contributed by atoms with Crippen LogP contribution >= 0.6 is 0 Å². The number of nitrogens with zero attached hydrogens (tertiary/aromatic N) is 6. The number of aromatic nitrogens is 6. The van der Waals surface area contributed by atoms with Gasteiger partial charge >= 0.3 is 0 Å². The number of benzene rings is 20. The van der Waals surface area contributed by atoms with Crippen LogP contribution < -0.4 is 0 Å². The molecular formula is C116H74N6. The lowest BCUT2D eigenvalue weighted by atomic mass is 9.94. The predicted octanol–water partition coefficient (Wildman–Crippen LogP) is 30.7. The second-order valence-electron chi connectivity index (χ2n) is 31.6. The van der Waals surface area contributed by atoms with Crippen LogP contribution in [0, 0.1) is 0 Å². The van der Waals surface area contributed by atoms with Crippen LogP contribution in [-0.4, -0.2) is 29.1 Å². The highest BCUT2D eigenvalue weighted by molar-refractivity contribution is 6.23. The highest BCUT2D eigenvalue weighted by Gasteiger charge is 2.21. The van der Waals surface area contributed by atoms with E-state index in [-0.39, 0.29) is 0 Å². The van der Waals surface area contributed by atoms with Gasteiger partial charge in [-0.25, -0.2) is 19.9 Å².